The molecule has 0 unspecified atom stereocenters. The average Bonchev–Trinajstić information content (AvgIpc) is 3.54. The first-order valence-electron chi connectivity index (χ1n) is 12.2. The molecule has 2 aromatic rings. The molecule has 11 heteroatoms. The molecule has 3 aliphatic rings. The predicted octanol–water partition coefficient (Wildman–Crippen LogP) is 1.91. The Balaban J connectivity index is 1.47. The highest BCUT2D eigenvalue weighted by Crippen LogP contribution is 2.43. The van der Waals surface area contributed by atoms with Crippen molar-refractivity contribution in [3.8, 4) is 5.69 Å². The molecule has 5 rings (SSSR count). The lowest BCUT2D eigenvalue weighted by atomic mass is 10.0. The van der Waals surface area contributed by atoms with Gasteiger partial charge in [0, 0.05) is 32.4 Å². The standard InChI is InChI=1S/C23H33N9O2/c1-4-18-21-29-28-15(2)31(21)19-14-26-23(27-20(19)32(18)16-7-5-6-8-16)25-13-17(24-3)22(33)30-9-11-34-12-10-30/h13-14,16,18,24H,4-12H2,1-3H3,(H,25,26,27)/b17-13-/t18-/m1/s1. The lowest BCUT2D eigenvalue weighted by Crippen LogP contribution is -2.43. The molecule has 2 N–H and O–H groups in total. The molecule has 182 valence electrons. The SMILES string of the molecule is CC[C@@H]1c2nnc(C)n2-c2cnc(N/C=C(\NC)C(=O)N3CCOCC3)nc2N1C1CCCC1. The van der Waals surface area contributed by atoms with Crippen LogP contribution >= 0.6 is 0 Å². The molecule has 1 amide bonds. The second kappa shape index (κ2) is 9.57. The minimum absolute atomic E-state index is 0.0698. The molecule has 0 radical (unpaired) electrons. The van der Waals surface area contributed by atoms with Crippen molar-refractivity contribution in [2.24, 2.45) is 0 Å². The van der Waals surface area contributed by atoms with Crippen molar-refractivity contribution in [1.82, 2.24) is 34.9 Å². The summed E-state index contributed by atoms with van der Waals surface area (Å²) in [6.07, 6.45) is 9.14. The lowest BCUT2D eigenvalue weighted by Gasteiger charge is -2.41. The van der Waals surface area contributed by atoms with Gasteiger partial charge in [-0.25, -0.2) is 4.98 Å². The van der Waals surface area contributed by atoms with Crippen molar-refractivity contribution in [2.75, 3.05) is 43.6 Å². The van der Waals surface area contributed by atoms with Gasteiger partial charge in [0.2, 0.25) is 5.95 Å². The summed E-state index contributed by atoms with van der Waals surface area (Å²) in [4.78, 5) is 26.6. The Morgan fingerprint density at radius 1 is 1.24 bits per heavy atom. The largest absolute Gasteiger partial charge is 0.382 e. The number of aromatic nitrogens is 5. The van der Waals surface area contributed by atoms with E-state index in [1.165, 1.54) is 12.8 Å². The number of nitrogens with zero attached hydrogens (tertiary/aromatic N) is 7. The highest BCUT2D eigenvalue weighted by molar-refractivity contribution is 5.93. The zero-order chi connectivity index (χ0) is 23.7. The van der Waals surface area contributed by atoms with Gasteiger partial charge < -0.3 is 25.2 Å². The van der Waals surface area contributed by atoms with Crippen molar-refractivity contribution in [2.45, 2.75) is 58.0 Å². The van der Waals surface area contributed by atoms with E-state index in [9.17, 15) is 4.79 Å². The lowest BCUT2D eigenvalue weighted by molar-refractivity contribution is -0.131. The Kier molecular flexibility index (Phi) is 6.36. The summed E-state index contributed by atoms with van der Waals surface area (Å²) in [5.41, 5.74) is 1.36. The quantitative estimate of drug-likeness (QED) is 0.615. The number of amides is 1. The number of anilines is 2. The van der Waals surface area contributed by atoms with Gasteiger partial charge >= 0.3 is 0 Å². The van der Waals surface area contributed by atoms with Crippen molar-refractivity contribution < 1.29 is 9.53 Å². The van der Waals surface area contributed by atoms with E-state index in [2.05, 4.69) is 42.2 Å². The van der Waals surface area contributed by atoms with Gasteiger partial charge in [0.15, 0.2) is 11.6 Å². The first-order chi connectivity index (χ1) is 16.6. The van der Waals surface area contributed by atoms with Gasteiger partial charge in [-0.1, -0.05) is 19.8 Å². The molecule has 1 atom stereocenters. The maximum atomic E-state index is 12.9. The minimum atomic E-state index is -0.0698. The molecule has 2 aromatic heterocycles. The molecule has 4 heterocycles. The third-order valence-corrected chi connectivity index (χ3v) is 6.97. The second-order valence-electron chi connectivity index (χ2n) is 8.97. The first kappa shape index (κ1) is 22.6. The van der Waals surface area contributed by atoms with Crippen LogP contribution in [0.5, 0.6) is 0 Å². The number of rotatable bonds is 6. The fourth-order valence-corrected chi connectivity index (χ4v) is 5.25. The van der Waals surface area contributed by atoms with Gasteiger partial charge in [0.1, 0.15) is 17.2 Å². The topological polar surface area (TPSA) is 113 Å². The van der Waals surface area contributed by atoms with E-state index >= 15 is 0 Å². The molecule has 2 fully saturated rings. The maximum Gasteiger partial charge on any atom is 0.271 e. The fourth-order valence-electron chi connectivity index (χ4n) is 5.25. The normalized spacial score (nSPS) is 20.8. The third kappa shape index (κ3) is 3.97. The fraction of sp³-hybridized carbons (Fsp3) is 0.609. The van der Waals surface area contributed by atoms with Crippen molar-refractivity contribution in [3.05, 3.63) is 29.7 Å². The number of ether oxygens (including phenoxy) is 1. The van der Waals surface area contributed by atoms with Gasteiger partial charge in [-0.15, -0.1) is 10.2 Å². The second-order valence-corrected chi connectivity index (χ2v) is 8.97. The van der Waals surface area contributed by atoms with E-state index in [4.69, 9.17) is 9.72 Å². The number of carbonyl (C=O) groups excluding carboxylic acids is 1. The summed E-state index contributed by atoms with van der Waals surface area (Å²) >= 11 is 0. The monoisotopic (exact) mass is 467 g/mol. The van der Waals surface area contributed by atoms with Crippen LogP contribution in [0.25, 0.3) is 5.69 Å². The summed E-state index contributed by atoms with van der Waals surface area (Å²) in [5, 5.41) is 15.0. The van der Waals surface area contributed by atoms with Crippen LogP contribution in [0, 0.1) is 6.92 Å². The van der Waals surface area contributed by atoms with Gasteiger partial charge in [-0.3, -0.25) is 9.36 Å². The summed E-state index contributed by atoms with van der Waals surface area (Å²) in [5.74, 6) is 3.06. The average molecular weight is 468 g/mol. The van der Waals surface area contributed by atoms with E-state index in [1.807, 2.05) is 13.1 Å². The Bertz CT molecular complexity index is 1070. The van der Waals surface area contributed by atoms with Crippen LogP contribution in [0.2, 0.25) is 0 Å². The number of hydrogen-bond donors (Lipinski definition) is 2. The highest BCUT2D eigenvalue weighted by atomic mass is 16.5. The van der Waals surface area contributed by atoms with Crippen molar-refractivity contribution >= 4 is 17.7 Å². The number of likely N-dealkylation sites (N-methyl/N-ethyl adjacent to an activating group) is 1. The molecule has 1 saturated carbocycles. The van der Waals surface area contributed by atoms with Crippen LogP contribution in [-0.2, 0) is 9.53 Å². The highest BCUT2D eigenvalue weighted by Gasteiger charge is 2.39. The molecular weight excluding hydrogens is 434 g/mol. The van der Waals surface area contributed by atoms with Crippen molar-refractivity contribution in [1.29, 1.82) is 0 Å². The van der Waals surface area contributed by atoms with Crippen LogP contribution < -0.4 is 15.5 Å². The minimum Gasteiger partial charge on any atom is -0.382 e. The number of nitrogens with one attached hydrogen (secondary N) is 2. The molecule has 0 aromatic carbocycles. The molecule has 34 heavy (non-hydrogen) atoms. The summed E-state index contributed by atoms with van der Waals surface area (Å²) in [7, 11) is 1.74. The van der Waals surface area contributed by atoms with Crippen LogP contribution in [0.1, 0.15) is 56.7 Å². The molecule has 0 spiro atoms. The number of aryl methyl sites for hydroxylation is 1. The van der Waals surface area contributed by atoms with E-state index < -0.39 is 0 Å². The maximum absolute atomic E-state index is 12.9. The van der Waals surface area contributed by atoms with Gasteiger partial charge in [0.25, 0.3) is 5.91 Å². The molecular formula is C23H33N9O2. The van der Waals surface area contributed by atoms with Gasteiger partial charge in [0.05, 0.1) is 25.5 Å². The Hall–Kier alpha value is -3.21. The van der Waals surface area contributed by atoms with E-state index in [1.54, 1.807) is 18.1 Å². The molecule has 2 aliphatic heterocycles. The van der Waals surface area contributed by atoms with Crippen LogP contribution in [0.3, 0.4) is 0 Å². The third-order valence-electron chi connectivity index (χ3n) is 6.97. The summed E-state index contributed by atoms with van der Waals surface area (Å²) < 4.78 is 7.44. The summed E-state index contributed by atoms with van der Waals surface area (Å²) in [6, 6.07) is 0.536. The molecule has 1 saturated heterocycles. The zero-order valence-electron chi connectivity index (χ0n) is 20.1. The van der Waals surface area contributed by atoms with E-state index in [-0.39, 0.29) is 11.9 Å². The molecule has 0 bridgehead atoms. The number of fused-ring (bicyclic) bond motifs is 3. The van der Waals surface area contributed by atoms with Crippen LogP contribution in [0.15, 0.2) is 18.1 Å². The summed E-state index contributed by atoms with van der Waals surface area (Å²) in [6.45, 7) is 6.44. The van der Waals surface area contributed by atoms with E-state index in [0.717, 1.165) is 42.4 Å². The molecule has 1 aliphatic carbocycles. The Labute approximate surface area is 199 Å². The van der Waals surface area contributed by atoms with Gasteiger partial charge in [-0.2, -0.15) is 4.98 Å². The van der Waals surface area contributed by atoms with Gasteiger partial charge in [-0.05, 0) is 26.2 Å². The first-order valence-corrected chi connectivity index (χ1v) is 12.2. The Morgan fingerprint density at radius 2 is 2.00 bits per heavy atom. The Morgan fingerprint density at radius 3 is 2.71 bits per heavy atom. The number of carbonyl (C=O) groups is 1. The van der Waals surface area contributed by atoms with Crippen LogP contribution in [0.4, 0.5) is 11.8 Å². The zero-order valence-corrected chi connectivity index (χ0v) is 20.1. The van der Waals surface area contributed by atoms with E-state index in [0.29, 0.717) is 44.0 Å². The number of hydrogen-bond acceptors (Lipinski definition) is 9. The predicted molar refractivity (Wildman–Crippen MR) is 128 cm³/mol. The molecule has 11 nitrogen and oxygen atoms in total. The van der Waals surface area contributed by atoms with Crippen molar-refractivity contribution in [3.63, 3.8) is 0 Å². The smallest absolute Gasteiger partial charge is 0.271 e. The number of morpholine rings is 1. The van der Waals surface area contributed by atoms with Crippen LogP contribution in [-0.4, -0.2) is 74.9 Å².